The summed E-state index contributed by atoms with van der Waals surface area (Å²) in [5.74, 6) is -0.122. The summed E-state index contributed by atoms with van der Waals surface area (Å²) >= 11 is 0. The Balaban J connectivity index is 1.92. The van der Waals surface area contributed by atoms with Crippen LogP contribution in [0, 0.1) is 13.8 Å². The van der Waals surface area contributed by atoms with Crippen LogP contribution in [0.2, 0.25) is 0 Å². The Morgan fingerprint density at radius 2 is 1.71 bits per heavy atom. The highest BCUT2D eigenvalue weighted by Crippen LogP contribution is 2.19. The first-order chi connectivity index (χ1) is 11.5. The minimum absolute atomic E-state index is 0.0610. The molecule has 0 radical (unpaired) electrons. The molecule has 0 aliphatic rings. The zero-order valence-corrected chi connectivity index (χ0v) is 14.5. The fraction of sp³-hybridized carbons (Fsp3) is 0.300. The molecular weight excluding hydrogens is 300 g/mol. The standard InChI is InChI=1S/C20H24N2O2/c1-15-9-10-19(13-16(15)2)22(17(3)23)12-11-20(24)21-14-18-7-5-4-6-8-18/h4-10,13H,11-12,14H2,1-3H3,(H,21,24). The smallest absolute Gasteiger partial charge is 0.223 e. The Morgan fingerprint density at radius 1 is 1.00 bits per heavy atom. The average Bonchev–Trinajstić information content (AvgIpc) is 2.57. The summed E-state index contributed by atoms with van der Waals surface area (Å²) in [5, 5.41) is 2.89. The van der Waals surface area contributed by atoms with Gasteiger partial charge in [-0.1, -0.05) is 36.4 Å². The van der Waals surface area contributed by atoms with Crippen LogP contribution in [-0.2, 0) is 16.1 Å². The number of benzene rings is 2. The lowest BCUT2D eigenvalue weighted by Crippen LogP contribution is -2.33. The minimum atomic E-state index is -0.0612. The molecule has 4 nitrogen and oxygen atoms in total. The molecule has 2 rings (SSSR count). The monoisotopic (exact) mass is 324 g/mol. The molecule has 0 fully saturated rings. The molecule has 2 amide bonds. The topological polar surface area (TPSA) is 49.4 Å². The lowest BCUT2D eigenvalue weighted by atomic mass is 10.1. The molecule has 0 aliphatic heterocycles. The van der Waals surface area contributed by atoms with Gasteiger partial charge < -0.3 is 10.2 Å². The van der Waals surface area contributed by atoms with Gasteiger partial charge >= 0.3 is 0 Å². The van der Waals surface area contributed by atoms with E-state index < -0.39 is 0 Å². The van der Waals surface area contributed by atoms with Gasteiger partial charge in [-0.25, -0.2) is 0 Å². The maximum absolute atomic E-state index is 12.0. The third-order valence-electron chi connectivity index (χ3n) is 4.08. The molecule has 0 atom stereocenters. The van der Waals surface area contributed by atoms with Crippen LogP contribution in [0.15, 0.2) is 48.5 Å². The molecule has 2 aromatic rings. The number of aryl methyl sites for hydroxylation is 2. The first-order valence-electron chi connectivity index (χ1n) is 8.13. The quantitative estimate of drug-likeness (QED) is 0.886. The van der Waals surface area contributed by atoms with Gasteiger partial charge in [0, 0.05) is 32.1 Å². The summed E-state index contributed by atoms with van der Waals surface area (Å²) in [6.45, 7) is 6.46. The fourth-order valence-corrected chi connectivity index (χ4v) is 2.46. The first-order valence-corrected chi connectivity index (χ1v) is 8.13. The van der Waals surface area contributed by atoms with E-state index in [1.807, 2.05) is 62.4 Å². The zero-order valence-electron chi connectivity index (χ0n) is 14.5. The maximum atomic E-state index is 12.0. The number of anilines is 1. The van der Waals surface area contributed by atoms with E-state index in [2.05, 4.69) is 5.32 Å². The summed E-state index contributed by atoms with van der Waals surface area (Å²) in [7, 11) is 0. The average molecular weight is 324 g/mol. The predicted octanol–water partition coefficient (Wildman–Crippen LogP) is 3.36. The van der Waals surface area contributed by atoms with E-state index in [0.717, 1.165) is 16.8 Å². The van der Waals surface area contributed by atoms with Gasteiger partial charge in [-0.15, -0.1) is 0 Å². The van der Waals surface area contributed by atoms with E-state index in [-0.39, 0.29) is 18.2 Å². The fourth-order valence-electron chi connectivity index (χ4n) is 2.46. The number of hydrogen-bond acceptors (Lipinski definition) is 2. The number of rotatable bonds is 6. The molecule has 24 heavy (non-hydrogen) atoms. The van der Waals surface area contributed by atoms with Crippen LogP contribution >= 0.6 is 0 Å². The van der Waals surface area contributed by atoms with E-state index in [0.29, 0.717) is 13.1 Å². The number of amides is 2. The Labute approximate surface area is 143 Å². The molecule has 2 aromatic carbocycles. The van der Waals surface area contributed by atoms with Crippen molar-refractivity contribution in [3.63, 3.8) is 0 Å². The van der Waals surface area contributed by atoms with Crippen LogP contribution in [0.3, 0.4) is 0 Å². The van der Waals surface area contributed by atoms with E-state index in [9.17, 15) is 9.59 Å². The molecule has 1 N–H and O–H groups in total. The van der Waals surface area contributed by atoms with Crippen molar-refractivity contribution < 1.29 is 9.59 Å². The maximum Gasteiger partial charge on any atom is 0.223 e. The van der Waals surface area contributed by atoms with E-state index in [4.69, 9.17) is 0 Å². The minimum Gasteiger partial charge on any atom is -0.352 e. The van der Waals surface area contributed by atoms with Crippen molar-refractivity contribution in [1.82, 2.24) is 5.32 Å². The van der Waals surface area contributed by atoms with Crippen LogP contribution in [0.4, 0.5) is 5.69 Å². The van der Waals surface area contributed by atoms with Gasteiger partial charge in [0.15, 0.2) is 0 Å². The molecule has 0 saturated heterocycles. The second-order valence-corrected chi connectivity index (χ2v) is 5.95. The van der Waals surface area contributed by atoms with Crippen molar-refractivity contribution in [1.29, 1.82) is 0 Å². The molecule has 126 valence electrons. The van der Waals surface area contributed by atoms with E-state index in [1.54, 1.807) is 4.90 Å². The Morgan fingerprint density at radius 3 is 2.33 bits per heavy atom. The van der Waals surface area contributed by atoms with Crippen LogP contribution in [0.5, 0.6) is 0 Å². The highest BCUT2D eigenvalue weighted by atomic mass is 16.2. The van der Waals surface area contributed by atoms with Crippen molar-refractivity contribution in [2.45, 2.75) is 33.7 Å². The van der Waals surface area contributed by atoms with Gasteiger partial charge in [0.2, 0.25) is 11.8 Å². The summed E-state index contributed by atoms with van der Waals surface area (Å²) < 4.78 is 0. The van der Waals surface area contributed by atoms with Gasteiger partial charge in [0.25, 0.3) is 0 Å². The van der Waals surface area contributed by atoms with E-state index in [1.165, 1.54) is 12.5 Å². The molecular formula is C20H24N2O2. The molecule has 4 heteroatoms. The molecule has 0 spiro atoms. The van der Waals surface area contributed by atoms with Gasteiger partial charge in [-0.2, -0.15) is 0 Å². The van der Waals surface area contributed by atoms with Crippen LogP contribution in [-0.4, -0.2) is 18.4 Å². The first kappa shape index (κ1) is 17.7. The number of nitrogens with zero attached hydrogens (tertiary/aromatic N) is 1. The predicted molar refractivity (Wildman–Crippen MR) is 96.8 cm³/mol. The third-order valence-corrected chi connectivity index (χ3v) is 4.08. The molecule has 0 aromatic heterocycles. The molecule has 0 heterocycles. The molecule has 0 saturated carbocycles. The van der Waals surface area contributed by atoms with Crippen molar-refractivity contribution in [2.75, 3.05) is 11.4 Å². The van der Waals surface area contributed by atoms with Crippen LogP contribution < -0.4 is 10.2 Å². The largest absolute Gasteiger partial charge is 0.352 e. The highest BCUT2D eigenvalue weighted by molar-refractivity contribution is 5.92. The lowest BCUT2D eigenvalue weighted by Gasteiger charge is -2.22. The molecule has 0 bridgehead atoms. The van der Waals surface area contributed by atoms with Crippen LogP contribution in [0.25, 0.3) is 0 Å². The third kappa shape index (κ3) is 4.95. The number of nitrogens with one attached hydrogen (secondary N) is 1. The second kappa shape index (κ2) is 8.29. The second-order valence-electron chi connectivity index (χ2n) is 5.95. The van der Waals surface area contributed by atoms with Gasteiger partial charge in [0.1, 0.15) is 0 Å². The molecule has 0 unspecified atom stereocenters. The lowest BCUT2D eigenvalue weighted by molar-refractivity contribution is -0.121. The summed E-state index contributed by atoms with van der Waals surface area (Å²) in [6.07, 6.45) is 0.277. The van der Waals surface area contributed by atoms with Crippen molar-refractivity contribution >= 4 is 17.5 Å². The van der Waals surface area contributed by atoms with Crippen LogP contribution in [0.1, 0.15) is 30.0 Å². The Kier molecular flexibility index (Phi) is 6.13. The van der Waals surface area contributed by atoms with Crippen molar-refractivity contribution in [2.24, 2.45) is 0 Å². The Hall–Kier alpha value is -2.62. The number of carbonyl (C=O) groups is 2. The summed E-state index contributed by atoms with van der Waals surface area (Å²) in [5.41, 5.74) is 4.21. The zero-order chi connectivity index (χ0) is 17.5. The molecule has 0 aliphatic carbocycles. The Bertz CT molecular complexity index is 711. The number of carbonyl (C=O) groups excluding carboxylic acids is 2. The summed E-state index contributed by atoms with van der Waals surface area (Å²) in [4.78, 5) is 25.6. The van der Waals surface area contributed by atoms with Gasteiger partial charge in [-0.3, -0.25) is 9.59 Å². The van der Waals surface area contributed by atoms with Crippen molar-refractivity contribution in [3.8, 4) is 0 Å². The normalized spacial score (nSPS) is 10.3. The van der Waals surface area contributed by atoms with Crippen molar-refractivity contribution in [3.05, 3.63) is 65.2 Å². The van der Waals surface area contributed by atoms with Gasteiger partial charge in [-0.05, 0) is 42.7 Å². The van der Waals surface area contributed by atoms with Gasteiger partial charge in [0.05, 0.1) is 0 Å². The number of hydrogen-bond donors (Lipinski definition) is 1. The summed E-state index contributed by atoms with van der Waals surface area (Å²) in [6, 6.07) is 15.7. The highest BCUT2D eigenvalue weighted by Gasteiger charge is 2.14. The SMILES string of the molecule is CC(=O)N(CCC(=O)NCc1ccccc1)c1ccc(C)c(C)c1. The van der Waals surface area contributed by atoms with E-state index >= 15 is 0 Å².